The van der Waals surface area contributed by atoms with Crippen LogP contribution in [0.25, 0.3) is 0 Å². The van der Waals surface area contributed by atoms with Gasteiger partial charge in [0, 0.05) is 0 Å². The van der Waals surface area contributed by atoms with Crippen LogP contribution in [0.5, 0.6) is 0 Å². The van der Waals surface area contributed by atoms with Crippen molar-refractivity contribution in [3.63, 3.8) is 0 Å². The number of hydrogen-bond donors (Lipinski definition) is 2. The molecule has 0 radical (unpaired) electrons. The molecule has 10 nitrogen and oxygen atoms in total. The molecule has 0 unspecified atom stereocenters. The molecule has 0 aliphatic carbocycles. The normalized spacial score (nSPS) is 12.4. The molecule has 1 rings (SSSR count). The van der Waals surface area contributed by atoms with E-state index in [0.717, 1.165) is 0 Å². The maximum atomic E-state index is 12.3. The first kappa shape index (κ1) is 19.4. The fourth-order valence-electron chi connectivity index (χ4n) is 1.87. The van der Waals surface area contributed by atoms with Crippen LogP contribution in [-0.4, -0.2) is 33.7 Å². The van der Waals surface area contributed by atoms with Crippen LogP contribution in [0.1, 0.15) is 46.2 Å². The van der Waals surface area contributed by atoms with Crippen LogP contribution < -0.4 is 10.6 Å². The second-order valence-corrected chi connectivity index (χ2v) is 6.18. The number of carbonyl (C=O) groups excluding carboxylic acids is 2. The molecule has 2 amide bonds. The number of amides is 2. The van der Waals surface area contributed by atoms with Gasteiger partial charge in [-0.1, -0.05) is 18.5 Å². The molecular weight excluding hydrogens is 320 g/mol. The van der Waals surface area contributed by atoms with Gasteiger partial charge in [-0.3, -0.25) is 20.2 Å². The molecule has 24 heavy (non-hydrogen) atoms. The van der Waals surface area contributed by atoms with E-state index in [-0.39, 0.29) is 11.6 Å². The lowest BCUT2D eigenvalue weighted by molar-refractivity contribution is -0.384. The second kappa shape index (κ2) is 7.75. The molecule has 0 spiro atoms. The summed E-state index contributed by atoms with van der Waals surface area (Å²) in [5, 5.41) is 19.2. The predicted octanol–water partition coefficient (Wildman–Crippen LogP) is 2.52. The molecule has 1 heterocycles. The van der Waals surface area contributed by atoms with Crippen LogP contribution in [-0.2, 0) is 9.53 Å². The van der Waals surface area contributed by atoms with Gasteiger partial charge < -0.3 is 14.6 Å². The minimum Gasteiger partial charge on any atom is -0.444 e. The number of hydrogen-bond acceptors (Lipinski definition) is 7. The fourth-order valence-corrected chi connectivity index (χ4v) is 1.87. The van der Waals surface area contributed by atoms with Crippen molar-refractivity contribution >= 4 is 23.6 Å². The number of nitrogens with one attached hydrogen (secondary N) is 2. The highest BCUT2D eigenvalue weighted by Gasteiger charge is 2.29. The molecule has 0 bridgehead atoms. The van der Waals surface area contributed by atoms with Crippen molar-refractivity contribution in [3.05, 3.63) is 15.8 Å². The Balaban J connectivity index is 2.84. The Morgan fingerprint density at radius 2 is 2.04 bits per heavy atom. The zero-order chi connectivity index (χ0) is 18.5. The van der Waals surface area contributed by atoms with Crippen LogP contribution in [0, 0.1) is 17.0 Å². The molecule has 1 aromatic heterocycles. The third-order valence-electron chi connectivity index (χ3n) is 2.84. The lowest BCUT2D eigenvalue weighted by Crippen LogP contribution is -2.45. The van der Waals surface area contributed by atoms with Gasteiger partial charge in [0.15, 0.2) is 5.69 Å². The van der Waals surface area contributed by atoms with Gasteiger partial charge in [0.1, 0.15) is 11.6 Å². The number of aryl methyl sites for hydroxylation is 1. The first-order valence-corrected chi connectivity index (χ1v) is 7.46. The number of rotatable bonds is 6. The van der Waals surface area contributed by atoms with E-state index in [1.54, 1.807) is 20.8 Å². The molecule has 0 saturated heterocycles. The SMILES string of the molecule is CCC[C@H](NC(=O)OC(C)(C)C)C(=O)Nc1onc(C)c1[N+](=O)[O-]. The van der Waals surface area contributed by atoms with Gasteiger partial charge in [0.05, 0.1) is 4.92 Å². The Morgan fingerprint density at radius 1 is 1.42 bits per heavy atom. The van der Waals surface area contributed by atoms with Crippen LogP contribution in [0.15, 0.2) is 4.52 Å². The van der Waals surface area contributed by atoms with Crippen molar-refractivity contribution in [2.24, 2.45) is 0 Å². The highest BCUT2D eigenvalue weighted by Crippen LogP contribution is 2.27. The third kappa shape index (κ3) is 5.52. The van der Waals surface area contributed by atoms with E-state index in [1.165, 1.54) is 6.92 Å². The molecule has 0 saturated carbocycles. The Bertz CT molecular complexity index is 619. The molecular formula is C14H22N4O6. The van der Waals surface area contributed by atoms with Crippen LogP contribution in [0.4, 0.5) is 16.4 Å². The second-order valence-electron chi connectivity index (χ2n) is 6.18. The maximum Gasteiger partial charge on any atom is 0.408 e. The average Bonchev–Trinajstić information content (AvgIpc) is 2.77. The Labute approximate surface area is 139 Å². The van der Waals surface area contributed by atoms with Gasteiger partial charge >= 0.3 is 17.7 Å². The van der Waals surface area contributed by atoms with Crippen molar-refractivity contribution in [1.29, 1.82) is 0 Å². The Kier molecular flexibility index (Phi) is 6.27. The van der Waals surface area contributed by atoms with Crippen molar-refractivity contribution < 1.29 is 23.8 Å². The molecule has 0 aromatic carbocycles. The van der Waals surface area contributed by atoms with E-state index in [4.69, 9.17) is 9.26 Å². The summed E-state index contributed by atoms with van der Waals surface area (Å²) in [6.07, 6.45) is 0.177. The van der Waals surface area contributed by atoms with Crippen molar-refractivity contribution in [1.82, 2.24) is 10.5 Å². The van der Waals surface area contributed by atoms with Gasteiger partial charge in [0.25, 0.3) is 0 Å². The molecule has 0 fully saturated rings. The highest BCUT2D eigenvalue weighted by atomic mass is 16.6. The van der Waals surface area contributed by atoms with Gasteiger partial charge in [-0.05, 0) is 34.1 Å². The summed E-state index contributed by atoms with van der Waals surface area (Å²) in [6.45, 7) is 8.31. The van der Waals surface area contributed by atoms with Crippen molar-refractivity contribution in [2.45, 2.75) is 59.1 Å². The third-order valence-corrected chi connectivity index (χ3v) is 2.84. The van der Waals surface area contributed by atoms with E-state index in [1.807, 2.05) is 6.92 Å². The lowest BCUT2D eigenvalue weighted by Gasteiger charge is -2.22. The largest absolute Gasteiger partial charge is 0.444 e. The molecule has 0 aliphatic heterocycles. The Morgan fingerprint density at radius 3 is 2.54 bits per heavy atom. The standard InChI is InChI=1S/C14H22N4O6/c1-6-7-9(15-13(20)23-14(3,4)5)11(19)16-12-10(18(21)22)8(2)17-24-12/h9H,6-7H2,1-5H3,(H,15,20)(H,16,19)/t9-/m0/s1. The van der Waals surface area contributed by atoms with Gasteiger partial charge in [-0.15, -0.1) is 0 Å². The first-order valence-electron chi connectivity index (χ1n) is 7.46. The molecule has 134 valence electrons. The lowest BCUT2D eigenvalue weighted by atomic mass is 10.1. The summed E-state index contributed by atoms with van der Waals surface area (Å²) in [5.74, 6) is -1.02. The quantitative estimate of drug-likeness (QED) is 0.598. The molecule has 1 aromatic rings. The number of nitro groups is 1. The predicted molar refractivity (Wildman–Crippen MR) is 84.6 cm³/mol. The van der Waals surface area contributed by atoms with E-state index in [9.17, 15) is 19.7 Å². The first-order chi connectivity index (χ1) is 11.0. The van der Waals surface area contributed by atoms with Gasteiger partial charge in [-0.2, -0.15) is 0 Å². The highest BCUT2D eigenvalue weighted by molar-refractivity contribution is 5.97. The van der Waals surface area contributed by atoms with E-state index >= 15 is 0 Å². The van der Waals surface area contributed by atoms with E-state index in [2.05, 4.69) is 15.8 Å². The number of nitrogens with zero attached hydrogens (tertiary/aromatic N) is 2. The summed E-state index contributed by atoms with van der Waals surface area (Å²) in [7, 11) is 0. The number of carbonyl (C=O) groups is 2. The van der Waals surface area contributed by atoms with Crippen LogP contribution in [0.3, 0.4) is 0 Å². The van der Waals surface area contributed by atoms with Crippen molar-refractivity contribution in [2.75, 3.05) is 5.32 Å². The number of aromatic nitrogens is 1. The zero-order valence-electron chi connectivity index (χ0n) is 14.3. The molecule has 1 atom stereocenters. The summed E-state index contributed by atoms with van der Waals surface area (Å²) >= 11 is 0. The summed E-state index contributed by atoms with van der Waals surface area (Å²) in [4.78, 5) is 34.4. The van der Waals surface area contributed by atoms with Crippen LogP contribution in [0.2, 0.25) is 0 Å². The van der Waals surface area contributed by atoms with E-state index in [0.29, 0.717) is 12.8 Å². The number of alkyl carbamates (subject to hydrolysis) is 1. The minimum absolute atomic E-state index is 0.0439. The Hall–Kier alpha value is -2.65. The summed E-state index contributed by atoms with van der Waals surface area (Å²) < 4.78 is 9.88. The molecule has 0 aliphatic rings. The average molecular weight is 342 g/mol. The maximum absolute atomic E-state index is 12.3. The van der Waals surface area contributed by atoms with Crippen molar-refractivity contribution in [3.8, 4) is 0 Å². The smallest absolute Gasteiger partial charge is 0.408 e. The fraction of sp³-hybridized carbons (Fsp3) is 0.643. The van der Waals surface area contributed by atoms with Crippen LogP contribution >= 0.6 is 0 Å². The zero-order valence-corrected chi connectivity index (χ0v) is 14.3. The monoisotopic (exact) mass is 342 g/mol. The van der Waals surface area contributed by atoms with E-state index < -0.39 is 34.3 Å². The molecule has 10 heteroatoms. The van der Waals surface area contributed by atoms with Gasteiger partial charge in [0.2, 0.25) is 5.91 Å². The molecule has 2 N–H and O–H groups in total. The number of anilines is 1. The summed E-state index contributed by atoms with van der Waals surface area (Å²) in [5.41, 5.74) is -1.09. The minimum atomic E-state index is -0.921. The number of ether oxygens (including phenoxy) is 1. The summed E-state index contributed by atoms with van der Waals surface area (Å²) in [6, 6.07) is -0.921. The van der Waals surface area contributed by atoms with Gasteiger partial charge in [-0.25, -0.2) is 4.79 Å². The topological polar surface area (TPSA) is 137 Å².